The molecule has 21 heavy (non-hydrogen) atoms. The van der Waals surface area contributed by atoms with E-state index in [1.165, 1.54) is 0 Å². The molecule has 0 aliphatic heterocycles. The van der Waals surface area contributed by atoms with Crippen LogP contribution in [0.15, 0.2) is 0 Å². The molecule has 6 N–H and O–H groups in total. The van der Waals surface area contributed by atoms with Crippen LogP contribution in [0.1, 0.15) is 27.7 Å². The van der Waals surface area contributed by atoms with Crippen LogP contribution in [-0.2, 0) is 36.2 Å². The van der Waals surface area contributed by atoms with Gasteiger partial charge in [0.05, 0.1) is 0 Å². The van der Waals surface area contributed by atoms with Crippen molar-refractivity contribution in [3.05, 3.63) is 0 Å². The Balaban J connectivity index is -0.0000000331. The molecule has 0 amide bonds. The van der Waals surface area contributed by atoms with Crippen LogP contribution < -0.4 is 31.9 Å². The quantitative estimate of drug-likeness (QED) is 0.430. The number of carboxylic acid groups (broad SMARTS) is 4. The maximum atomic E-state index is 8.89. The second-order valence-electron chi connectivity index (χ2n) is 2.67. The van der Waals surface area contributed by atoms with Crippen molar-refractivity contribution in [3.8, 4) is 0 Å². The van der Waals surface area contributed by atoms with Crippen molar-refractivity contribution in [2.45, 2.75) is 27.7 Å². The maximum absolute atomic E-state index is 8.89. The van der Waals surface area contributed by atoms with Gasteiger partial charge in [0.1, 0.15) is 13.1 Å². The van der Waals surface area contributed by atoms with E-state index in [0.29, 0.717) is 0 Å². The number of hydrogen-bond acceptors (Lipinski definition) is 8. The van der Waals surface area contributed by atoms with Crippen molar-refractivity contribution >= 4 is 23.9 Å². The summed E-state index contributed by atoms with van der Waals surface area (Å²) < 4.78 is 0. The largest absolute Gasteiger partial charge is 2.00 e. The molecular formula is C10H22FeN2O8. The number of carbonyl (C=O) groups excluding carboxylic acids is 4. The molecule has 0 aromatic heterocycles. The molecule has 0 spiro atoms. The van der Waals surface area contributed by atoms with Crippen LogP contribution in [0, 0.1) is 0 Å². The summed E-state index contributed by atoms with van der Waals surface area (Å²) in [5.41, 5.74) is 7.08. The van der Waals surface area contributed by atoms with Crippen molar-refractivity contribution in [2.24, 2.45) is 0 Å². The number of rotatable bonds is 1. The van der Waals surface area contributed by atoms with Crippen molar-refractivity contribution in [1.82, 2.24) is 0 Å². The number of quaternary nitrogens is 2. The van der Waals surface area contributed by atoms with Gasteiger partial charge in [-0.25, -0.2) is 0 Å². The van der Waals surface area contributed by atoms with Crippen LogP contribution in [0.3, 0.4) is 0 Å². The zero-order valence-electron chi connectivity index (χ0n) is 12.4. The second-order valence-corrected chi connectivity index (χ2v) is 2.67. The Morgan fingerprint density at radius 2 is 0.667 bits per heavy atom. The van der Waals surface area contributed by atoms with Crippen molar-refractivity contribution < 1.29 is 68.1 Å². The van der Waals surface area contributed by atoms with E-state index in [9.17, 15) is 0 Å². The van der Waals surface area contributed by atoms with Crippen LogP contribution in [0.25, 0.3) is 0 Å². The molecule has 0 heterocycles. The number of carboxylic acids is 4. The first-order valence-electron chi connectivity index (χ1n) is 5.13. The zero-order chi connectivity index (χ0) is 17.7. The Labute approximate surface area is 133 Å². The molecule has 0 rings (SSSR count). The summed E-state index contributed by atoms with van der Waals surface area (Å²) in [7, 11) is 0. The van der Waals surface area contributed by atoms with E-state index in [1.54, 1.807) is 0 Å². The van der Waals surface area contributed by atoms with E-state index in [-0.39, 0.29) is 17.1 Å². The van der Waals surface area contributed by atoms with Gasteiger partial charge in [-0.15, -0.1) is 0 Å². The van der Waals surface area contributed by atoms with Gasteiger partial charge in [0.25, 0.3) is 0 Å². The Hall–Kier alpha value is -1.68. The van der Waals surface area contributed by atoms with E-state index < -0.39 is 23.9 Å². The third-order valence-electron chi connectivity index (χ3n) is 0.250. The molecule has 0 aromatic rings. The van der Waals surface area contributed by atoms with Crippen molar-refractivity contribution in [3.63, 3.8) is 0 Å². The summed E-state index contributed by atoms with van der Waals surface area (Å²) in [6.07, 6.45) is 0. The van der Waals surface area contributed by atoms with E-state index in [2.05, 4.69) is 11.5 Å². The SMILES string of the molecule is CC(=O)[O-].CC(=O)[O-].CC(=O)[O-].CC(=O)[O-].[Fe+2].[NH3+]CC[NH3+]. The Morgan fingerprint density at radius 1 is 0.619 bits per heavy atom. The second kappa shape index (κ2) is 36.2. The fourth-order valence-corrected chi connectivity index (χ4v) is 0. The van der Waals surface area contributed by atoms with Crippen LogP contribution in [-0.4, -0.2) is 37.0 Å². The van der Waals surface area contributed by atoms with Gasteiger partial charge in [-0.2, -0.15) is 0 Å². The summed E-state index contributed by atoms with van der Waals surface area (Å²) in [5, 5.41) is 35.6. The molecule has 11 heteroatoms. The van der Waals surface area contributed by atoms with Crippen LogP contribution in [0.5, 0.6) is 0 Å². The first kappa shape index (κ1) is 36.5. The molecule has 128 valence electrons. The van der Waals surface area contributed by atoms with Gasteiger partial charge in [0.2, 0.25) is 0 Å². The van der Waals surface area contributed by atoms with Gasteiger partial charge >= 0.3 is 17.1 Å². The third-order valence-corrected chi connectivity index (χ3v) is 0.250. The Kier molecular flexibility index (Phi) is 63.0. The molecule has 0 aromatic carbocycles. The molecule has 0 bridgehead atoms. The van der Waals surface area contributed by atoms with E-state index in [4.69, 9.17) is 39.6 Å². The van der Waals surface area contributed by atoms with Crippen LogP contribution in [0.2, 0.25) is 0 Å². The number of hydrogen-bond donors (Lipinski definition) is 2. The molecule has 0 unspecified atom stereocenters. The zero-order valence-corrected chi connectivity index (χ0v) is 13.6. The monoisotopic (exact) mass is 354 g/mol. The van der Waals surface area contributed by atoms with Crippen LogP contribution in [0.4, 0.5) is 0 Å². The Morgan fingerprint density at radius 3 is 0.667 bits per heavy atom. The van der Waals surface area contributed by atoms with E-state index >= 15 is 0 Å². The third kappa shape index (κ3) is 10500. The first-order valence-corrected chi connectivity index (χ1v) is 5.13. The predicted octanol–water partition coefficient (Wildman–Crippen LogP) is -7.51. The molecule has 0 atom stereocenters. The fraction of sp³-hybridized carbons (Fsp3) is 0.600. The number of carbonyl (C=O) groups is 4. The maximum Gasteiger partial charge on any atom is 2.00 e. The smallest absolute Gasteiger partial charge is 0.550 e. The minimum Gasteiger partial charge on any atom is -0.550 e. The molecule has 0 saturated heterocycles. The van der Waals surface area contributed by atoms with Gasteiger partial charge in [-0.3, -0.25) is 0 Å². The fourth-order valence-electron chi connectivity index (χ4n) is 0. The van der Waals surface area contributed by atoms with Crippen LogP contribution >= 0.6 is 0 Å². The molecule has 0 saturated carbocycles. The average molecular weight is 354 g/mol. The minimum absolute atomic E-state index is 0. The standard InChI is InChI=1S/C2H8N2.4C2H4O2.Fe/c3-1-2-4;4*1-2(3)4;/h1-4H2;4*1H3,(H,3,4);/q;;;;;+2/p-2. The van der Waals surface area contributed by atoms with Gasteiger partial charge in [0, 0.05) is 23.9 Å². The topological polar surface area (TPSA) is 216 Å². The molecule has 10 nitrogen and oxygen atoms in total. The molecule has 0 aliphatic carbocycles. The van der Waals surface area contributed by atoms with E-state index in [0.717, 1.165) is 40.8 Å². The normalized spacial score (nSPS) is 6.19. The molecule has 0 fully saturated rings. The summed E-state index contributed by atoms with van der Waals surface area (Å²) in [4.78, 5) is 35.6. The average Bonchev–Trinajstić information content (AvgIpc) is 2.13. The number of aliphatic carboxylic acids is 4. The minimum atomic E-state index is -1.08. The van der Waals surface area contributed by atoms with Gasteiger partial charge in [-0.05, 0) is 27.7 Å². The predicted molar refractivity (Wildman–Crippen MR) is 58.2 cm³/mol. The Bertz CT molecular complexity index is 195. The molecule has 0 aliphatic rings. The van der Waals surface area contributed by atoms with Gasteiger partial charge in [-0.1, -0.05) is 0 Å². The van der Waals surface area contributed by atoms with Crippen molar-refractivity contribution in [2.75, 3.05) is 13.1 Å². The van der Waals surface area contributed by atoms with E-state index in [1.807, 2.05) is 0 Å². The van der Waals surface area contributed by atoms with Gasteiger partial charge < -0.3 is 51.1 Å². The van der Waals surface area contributed by atoms with Crippen molar-refractivity contribution in [1.29, 1.82) is 0 Å². The summed E-state index contributed by atoms with van der Waals surface area (Å²) in [6, 6.07) is 0. The summed E-state index contributed by atoms with van der Waals surface area (Å²) in [5.74, 6) is -4.33. The molecular weight excluding hydrogens is 332 g/mol. The molecule has 0 radical (unpaired) electrons. The summed E-state index contributed by atoms with van der Waals surface area (Å²) in [6.45, 7) is 5.81. The van der Waals surface area contributed by atoms with Gasteiger partial charge in [0.15, 0.2) is 0 Å². The summed E-state index contributed by atoms with van der Waals surface area (Å²) >= 11 is 0. The first-order chi connectivity index (χ1) is 8.84.